The van der Waals surface area contributed by atoms with E-state index < -0.39 is 5.60 Å². The Kier molecular flexibility index (Phi) is 5.99. The van der Waals surface area contributed by atoms with Gasteiger partial charge in [0.15, 0.2) is 0 Å². The van der Waals surface area contributed by atoms with E-state index in [0.717, 1.165) is 76.9 Å². The molecule has 0 aromatic rings. The van der Waals surface area contributed by atoms with Crippen LogP contribution in [-0.4, -0.2) is 57.6 Å². The highest BCUT2D eigenvalue weighted by molar-refractivity contribution is 5.74. The van der Waals surface area contributed by atoms with Crippen molar-refractivity contribution in [3.8, 4) is 0 Å². The number of likely N-dealkylation sites (tertiary alicyclic amines) is 2. The number of piperidine rings is 1. The molecule has 0 aromatic carbocycles. The zero-order valence-corrected chi connectivity index (χ0v) is 18.4. The SMILES string of the molecule is CC(=O)N1CCCC[C@@H]2N(CC3(O)CCC(C(C)(C)C)CC3)CCC[C@@]21C. The number of fused-ring (bicyclic) bond motifs is 1. The highest BCUT2D eigenvalue weighted by Gasteiger charge is 2.49. The van der Waals surface area contributed by atoms with E-state index in [-0.39, 0.29) is 11.4 Å². The van der Waals surface area contributed by atoms with Crippen LogP contribution >= 0.6 is 0 Å². The molecule has 27 heavy (non-hydrogen) atoms. The highest BCUT2D eigenvalue weighted by Crippen LogP contribution is 2.44. The molecule has 156 valence electrons. The first-order valence-electron chi connectivity index (χ1n) is 11.3. The van der Waals surface area contributed by atoms with Crippen molar-refractivity contribution in [1.29, 1.82) is 0 Å². The maximum atomic E-state index is 12.4. The van der Waals surface area contributed by atoms with Gasteiger partial charge in [0, 0.05) is 26.1 Å². The summed E-state index contributed by atoms with van der Waals surface area (Å²) >= 11 is 0. The Morgan fingerprint density at radius 1 is 1.04 bits per heavy atom. The van der Waals surface area contributed by atoms with E-state index in [1.165, 1.54) is 6.42 Å². The van der Waals surface area contributed by atoms with E-state index in [9.17, 15) is 9.90 Å². The molecule has 0 radical (unpaired) electrons. The molecule has 2 atom stereocenters. The van der Waals surface area contributed by atoms with Crippen molar-refractivity contribution < 1.29 is 9.90 Å². The first-order valence-corrected chi connectivity index (χ1v) is 11.3. The molecule has 4 heteroatoms. The van der Waals surface area contributed by atoms with Gasteiger partial charge in [0.05, 0.1) is 11.1 Å². The van der Waals surface area contributed by atoms with Crippen molar-refractivity contribution in [3.63, 3.8) is 0 Å². The van der Waals surface area contributed by atoms with Crippen LogP contribution in [0.3, 0.4) is 0 Å². The third-order valence-corrected chi connectivity index (χ3v) is 8.03. The lowest BCUT2D eigenvalue weighted by Gasteiger charge is -2.54. The number of carbonyl (C=O) groups excluding carboxylic acids is 1. The minimum absolute atomic E-state index is 0.0699. The van der Waals surface area contributed by atoms with Gasteiger partial charge in [0.25, 0.3) is 0 Å². The second-order valence-electron chi connectivity index (χ2n) is 11.0. The summed E-state index contributed by atoms with van der Waals surface area (Å²) in [5.74, 6) is 0.936. The van der Waals surface area contributed by atoms with E-state index in [1.54, 1.807) is 6.92 Å². The average molecular weight is 379 g/mol. The third-order valence-electron chi connectivity index (χ3n) is 8.03. The minimum atomic E-state index is -0.548. The molecule has 1 aliphatic carbocycles. The Morgan fingerprint density at radius 3 is 2.30 bits per heavy atom. The van der Waals surface area contributed by atoms with Gasteiger partial charge < -0.3 is 10.0 Å². The van der Waals surface area contributed by atoms with Gasteiger partial charge in [-0.1, -0.05) is 27.2 Å². The predicted octanol–water partition coefficient (Wildman–Crippen LogP) is 4.21. The fraction of sp³-hybridized carbons (Fsp3) is 0.957. The normalized spacial score (nSPS) is 39.0. The lowest BCUT2D eigenvalue weighted by atomic mass is 9.68. The Labute approximate surface area is 166 Å². The predicted molar refractivity (Wildman–Crippen MR) is 111 cm³/mol. The van der Waals surface area contributed by atoms with Gasteiger partial charge in [0.2, 0.25) is 5.91 Å². The molecule has 1 amide bonds. The largest absolute Gasteiger partial charge is 0.389 e. The van der Waals surface area contributed by atoms with E-state index in [4.69, 9.17) is 0 Å². The summed E-state index contributed by atoms with van der Waals surface area (Å²) in [5.41, 5.74) is -0.277. The van der Waals surface area contributed by atoms with Gasteiger partial charge in [-0.2, -0.15) is 0 Å². The summed E-state index contributed by atoms with van der Waals surface area (Å²) in [4.78, 5) is 17.1. The number of rotatable bonds is 2. The van der Waals surface area contributed by atoms with Crippen LogP contribution in [0, 0.1) is 11.3 Å². The van der Waals surface area contributed by atoms with Gasteiger partial charge in [0.1, 0.15) is 0 Å². The molecule has 1 N–H and O–H groups in total. The number of hydrogen-bond acceptors (Lipinski definition) is 3. The molecule has 0 aromatic heterocycles. The number of β-amino-alcohol motifs (C(OH)–C–C–N with tert-alkyl or cyclic N) is 1. The number of hydrogen-bond donors (Lipinski definition) is 1. The molecule has 3 aliphatic rings. The maximum absolute atomic E-state index is 12.4. The molecule has 3 fully saturated rings. The Balaban J connectivity index is 1.72. The lowest BCUT2D eigenvalue weighted by molar-refractivity contribution is -0.142. The molecule has 2 saturated heterocycles. The first kappa shape index (κ1) is 21.1. The van der Waals surface area contributed by atoms with Crippen molar-refractivity contribution in [2.75, 3.05) is 19.6 Å². The Morgan fingerprint density at radius 2 is 1.70 bits per heavy atom. The minimum Gasteiger partial charge on any atom is -0.389 e. The van der Waals surface area contributed by atoms with E-state index in [2.05, 4.69) is 37.5 Å². The van der Waals surface area contributed by atoms with Crippen LogP contribution in [0.1, 0.15) is 92.4 Å². The summed E-state index contributed by atoms with van der Waals surface area (Å²) in [7, 11) is 0. The Hall–Kier alpha value is -0.610. The quantitative estimate of drug-likeness (QED) is 0.783. The molecule has 2 aliphatic heterocycles. The maximum Gasteiger partial charge on any atom is 0.219 e. The van der Waals surface area contributed by atoms with Crippen molar-refractivity contribution in [2.45, 2.75) is 110 Å². The van der Waals surface area contributed by atoms with Crippen LogP contribution in [-0.2, 0) is 4.79 Å². The topological polar surface area (TPSA) is 43.8 Å². The Bertz CT molecular complexity index is 533. The molecule has 4 nitrogen and oxygen atoms in total. The fourth-order valence-electron chi connectivity index (χ4n) is 6.29. The van der Waals surface area contributed by atoms with Crippen LogP contribution in [0.5, 0.6) is 0 Å². The van der Waals surface area contributed by atoms with Gasteiger partial charge in [-0.15, -0.1) is 0 Å². The van der Waals surface area contributed by atoms with Gasteiger partial charge in [-0.3, -0.25) is 9.69 Å². The standard InChI is InChI=1S/C23H42N2O2/c1-18(26)25-16-7-6-9-20-22(25,5)12-8-15-24(20)17-23(27)13-10-19(11-14-23)21(2,3)4/h19-20,27H,6-17H2,1-5H3/t19?,20-,22-,23?/m0/s1. The van der Waals surface area contributed by atoms with Crippen molar-refractivity contribution in [2.24, 2.45) is 11.3 Å². The summed E-state index contributed by atoms with van der Waals surface area (Å²) in [6.45, 7) is 13.8. The van der Waals surface area contributed by atoms with Gasteiger partial charge in [-0.25, -0.2) is 0 Å². The fourth-order valence-corrected chi connectivity index (χ4v) is 6.29. The molecule has 0 bridgehead atoms. The molecule has 2 heterocycles. The summed E-state index contributed by atoms with van der Waals surface area (Å²) in [5, 5.41) is 11.4. The third kappa shape index (κ3) is 4.37. The van der Waals surface area contributed by atoms with Crippen molar-refractivity contribution in [3.05, 3.63) is 0 Å². The van der Waals surface area contributed by atoms with Crippen molar-refractivity contribution >= 4 is 5.91 Å². The zero-order valence-electron chi connectivity index (χ0n) is 18.4. The number of aliphatic hydroxyl groups is 1. The number of carbonyl (C=O) groups is 1. The smallest absolute Gasteiger partial charge is 0.219 e. The summed E-state index contributed by atoms with van der Waals surface area (Å²) in [6, 6.07) is 0.391. The van der Waals surface area contributed by atoms with E-state index >= 15 is 0 Å². The molecule has 3 rings (SSSR count). The monoisotopic (exact) mass is 378 g/mol. The molecular weight excluding hydrogens is 336 g/mol. The number of nitrogens with zero attached hydrogens (tertiary/aromatic N) is 2. The van der Waals surface area contributed by atoms with Crippen LogP contribution in [0.15, 0.2) is 0 Å². The summed E-state index contributed by atoms with van der Waals surface area (Å²) in [6.07, 6.45) is 9.78. The van der Waals surface area contributed by atoms with E-state index in [0.29, 0.717) is 11.5 Å². The average Bonchev–Trinajstić information content (AvgIpc) is 2.73. The van der Waals surface area contributed by atoms with Crippen LogP contribution in [0.4, 0.5) is 0 Å². The summed E-state index contributed by atoms with van der Waals surface area (Å²) < 4.78 is 0. The van der Waals surface area contributed by atoms with Crippen molar-refractivity contribution in [1.82, 2.24) is 9.80 Å². The van der Waals surface area contributed by atoms with Crippen LogP contribution in [0.2, 0.25) is 0 Å². The lowest BCUT2D eigenvalue weighted by Crippen LogP contribution is -2.65. The molecule has 0 unspecified atom stereocenters. The van der Waals surface area contributed by atoms with Crippen LogP contribution in [0.25, 0.3) is 0 Å². The van der Waals surface area contributed by atoms with Gasteiger partial charge >= 0.3 is 0 Å². The highest BCUT2D eigenvalue weighted by atomic mass is 16.3. The van der Waals surface area contributed by atoms with E-state index in [1.807, 2.05) is 0 Å². The molecular formula is C23H42N2O2. The molecule has 1 saturated carbocycles. The molecule has 0 spiro atoms. The zero-order chi connectivity index (χ0) is 19.9. The van der Waals surface area contributed by atoms with Gasteiger partial charge in [-0.05, 0) is 76.2 Å². The number of amides is 1. The second-order valence-corrected chi connectivity index (χ2v) is 11.0. The van der Waals surface area contributed by atoms with Crippen LogP contribution < -0.4 is 0 Å². The second kappa shape index (κ2) is 7.67. The first-order chi connectivity index (χ1) is 12.6.